The van der Waals surface area contributed by atoms with E-state index in [1.165, 1.54) is 18.5 Å². The summed E-state index contributed by atoms with van der Waals surface area (Å²) in [4.78, 5) is 16.0. The predicted octanol–water partition coefficient (Wildman–Crippen LogP) is 6.11. The molecule has 2 saturated heterocycles. The number of piperazine rings is 1. The molecule has 2 aliphatic rings. The van der Waals surface area contributed by atoms with E-state index in [2.05, 4.69) is 40.2 Å². The molecule has 5 rings (SSSR count). The van der Waals surface area contributed by atoms with E-state index in [1.54, 1.807) is 18.6 Å². The van der Waals surface area contributed by atoms with E-state index in [0.29, 0.717) is 39.3 Å². The monoisotopic (exact) mass is 591 g/mol. The number of allylic oxidation sites excluding steroid dienone is 1. The molecule has 0 spiro atoms. The molecule has 1 atom stereocenters. The van der Waals surface area contributed by atoms with Crippen LogP contribution in [0, 0.1) is 11.3 Å². The number of benzene rings is 1. The summed E-state index contributed by atoms with van der Waals surface area (Å²) in [6.45, 7) is 12.6. The number of nitrogen functional groups attached to an aromatic ring is 1. The minimum absolute atomic E-state index is 0.0756. The van der Waals surface area contributed by atoms with Crippen LogP contribution in [0.4, 0.5) is 11.5 Å². The van der Waals surface area contributed by atoms with Crippen LogP contribution >= 0.6 is 23.2 Å². The summed E-state index contributed by atoms with van der Waals surface area (Å²) in [7, 11) is 2.20. The van der Waals surface area contributed by atoms with Gasteiger partial charge >= 0.3 is 0 Å². The van der Waals surface area contributed by atoms with E-state index in [4.69, 9.17) is 39.3 Å². The second kappa shape index (κ2) is 12.8. The van der Waals surface area contributed by atoms with Crippen molar-refractivity contribution in [1.29, 1.82) is 5.41 Å². The van der Waals surface area contributed by atoms with Gasteiger partial charge in [-0.05, 0) is 80.7 Å². The average Bonchev–Trinajstić information content (AvgIpc) is 2.98. The first-order chi connectivity index (χ1) is 19.7. The van der Waals surface area contributed by atoms with Crippen molar-refractivity contribution in [2.75, 3.05) is 56.9 Å². The number of rotatable bonds is 8. The summed E-state index contributed by atoms with van der Waals surface area (Å²) in [5, 5.41) is 10.0. The van der Waals surface area contributed by atoms with Crippen LogP contribution in [-0.4, -0.2) is 71.8 Å². The van der Waals surface area contributed by atoms with Crippen molar-refractivity contribution in [1.82, 2.24) is 19.8 Å². The van der Waals surface area contributed by atoms with E-state index in [9.17, 15) is 0 Å². The number of piperidine rings is 1. The summed E-state index contributed by atoms with van der Waals surface area (Å²) in [5.74, 6) is 1.61. The lowest BCUT2D eigenvalue weighted by atomic mass is 9.92. The fourth-order valence-electron chi connectivity index (χ4n) is 5.99. The molecule has 0 unspecified atom stereocenters. The van der Waals surface area contributed by atoms with Crippen LogP contribution in [0.2, 0.25) is 10.0 Å². The lowest BCUT2D eigenvalue weighted by Gasteiger charge is -2.41. The van der Waals surface area contributed by atoms with Crippen molar-refractivity contribution >= 4 is 40.4 Å². The Balaban J connectivity index is 1.21. The topological polar surface area (TPSA) is 85.4 Å². The quantitative estimate of drug-likeness (QED) is 0.243. The fraction of sp³-hybridized carbons (Fsp3) is 0.406. The zero-order valence-corrected chi connectivity index (χ0v) is 25.4. The molecule has 2 fully saturated rings. The number of pyridine rings is 2. The van der Waals surface area contributed by atoms with Crippen LogP contribution in [0.3, 0.4) is 0 Å². The number of halogens is 2. The van der Waals surface area contributed by atoms with Gasteiger partial charge in [0.2, 0.25) is 0 Å². The highest BCUT2D eigenvalue weighted by atomic mass is 35.5. The number of nitrogens with zero attached hydrogens (tertiary/aromatic N) is 5. The molecular weight excluding hydrogens is 553 g/mol. The van der Waals surface area contributed by atoms with Crippen LogP contribution in [0.25, 0.3) is 0 Å². The molecule has 9 heteroatoms. The molecule has 0 saturated carbocycles. The molecule has 216 valence electrons. The molecule has 1 aromatic carbocycles. The lowest BCUT2D eigenvalue weighted by Crippen LogP contribution is -2.47. The Kier molecular flexibility index (Phi) is 9.17. The van der Waals surface area contributed by atoms with Crippen molar-refractivity contribution in [3.63, 3.8) is 0 Å². The van der Waals surface area contributed by atoms with Gasteiger partial charge in [-0.15, -0.1) is 0 Å². The molecule has 0 bridgehead atoms. The summed E-state index contributed by atoms with van der Waals surface area (Å²) in [5.41, 5.74) is 11.9. The minimum atomic E-state index is 0.0756. The number of hydrogen-bond donors (Lipinski definition) is 2. The Morgan fingerprint density at radius 2 is 1.71 bits per heavy atom. The Labute approximate surface area is 253 Å². The third-order valence-electron chi connectivity index (χ3n) is 8.55. The van der Waals surface area contributed by atoms with E-state index < -0.39 is 0 Å². The van der Waals surface area contributed by atoms with Gasteiger partial charge in [0.25, 0.3) is 0 Å². The molecule has 3 N–H and O–H groups in total. The molecule has 0 aliphatic carbocycles. The van der Waals surface area contributed by atoms with Crippen LogP contribution in [0.5, 0.6) is 0 Å². The molecule has 3 aromatic rings. The highest BCUT2D eigenvalue weighted by molar-refractivity contribution is 6.35. The maximum atomic E-state index is 8.92. The second-order valence-electron chi connectivity index (χ2n) is 11.4. The summed E-state index contributed by atoms with van der Waals surface area (Å²) < 4.78 is 0. The molecule has 0 radical (unpaired) electrons. The zero-order chi connectivity index (χ0) is 29.1. The van der Waals surface area contributed by atoms with E-state index in [-0.39, 0.29) is 5.92 Å². The number of nitrogens with one attached hydrogen (secondary N) is 1. The summed E-state index contributed by atoms with van der Waals surface area (Å²) >= 11 is 12.8. The van der Waals surface area contributed by atoms with Gasteiger partial charge in [-0.2, -0.15) is 0 Å². The van der Waals surface area contributed by atoms with Gasteiger partial charge in [-0.25, -0.2) is 4.98 Å². The van der Waals surface area contributed by atoms with Gasteiger partial charge in [0.05, 0.1) is 15.8 Å². The lowest BCUT2D eigenvalue weighted by molar-refractivity contribution is 0.199. The predicted molar refractivity (Wildman–Crippen MR) is 171 cm³/mol. The SMILES string of the molecule is C=C(C1CCN(C)CC1)N1CCN(c2ccc(C(=N)c3cc(C[C@H](C)c4c(Cl)cncc4Cl)ccc3N)cn2)CC1. The third-order valence-corrected chi connectivity index (χ3v) is 9.15. The number of likely N-dealkylation sites (tertiary alicyclic amines) is 1. The Morgan fingerprint density at radius 1 is 1.02 bits per heavy atom. The molecule has 2 aliphatic heterocycles. The van der Waals surface area contributed by atoms with Gasteiger partial charge in [0, 0.05) is 73.2 Å². The largest absolute Gasteiger partial charge is 0.398 e. The zero-order valence-electron chi connectivity index (χ0n) is 23.9. The first-order valence-electron chi connectivity index (χ1n) is 14.3. The molecule has 4 heterocycles. The Hall–Kier alpha value is -3.13. The molecular formula is C32H39Cl2N7. The summed E-state index contributed by atoms with van der Waals surface area (Å²) in [6, 6.07) is 9.83. The summed E-state index contributed by atoms with van der Waals surface area (Å²) in [6.07, 6.45) is 8.12. The van der Waals surface area contributed by atoms with Gasteiger partial charge < -0.3 is 20.4 Å². The maximum Gasteiger partial charge on any atom is 0.128 e. The van der Waals surface area contributed by atoms with E-state index in [1.807, 2.05) is 30.3 Å². The first kappa shape index (κ1) is 29.4. The molecule has 7 nitrogen and oxygen atoms in total. The Bertz CT molecular complexity index is 1370. The van der Waals surface area contributed by atoms with Gasteiger partial charge in [0.1, 0.15) is 5.82 Å². The number of anilines is 2. The minimum Gasteiger partial charge on any atom is -0.398 e. The molecule has 2 aromatic heterocycles. The maximum absolute atomic E-state index is 8.92. The van der Waals surface area contributed by atoms with Gasteiger partial charge in [0.15, 0.2) is 0 Å². The highest BCUT2D eigenvalue weighted by Crippen LogP contribution is 2.33. The van der Waals surface area contributed by atoms with Crippen molar-refractivity contribution in [2.24, 2.45) is 5.92 Å². The normalized spacial score (nSPS) is 17.5. The van der Waals surface area contributed by atoms with Crippen LogP contribution < -0.4 is 10.6 Å². The van der Waals surface area contributed by atoms with Crippen LogP contribution in [-0.2, 0) is 6.42 Å². The van der Waals surface area contributed by atoms with E-state index >= 15 is 0 Å². The van der Waals surface area contributed by atoms with Gasteiger partial charge in [-0.1, -0.05) is 42.8 Å². The fourth-order valence-corrected chi connectivity index (χ4v) is 6.73. The van der Waals surface area contributed by atoms with Gasteiger partial charge in [-0.3, -0.25) is 10.4 Å². The van der Waals surface area contributed by atoms with E-state index in [0.717, 1.165) is 61.8 Å². The smallest absolute Gasteiger partial charge is 0.128 e. The average molecular weight is 593 g/mol. The Morgan fingerprint density at radius 3 is 2.34 bits per heavy atom. The second-order valence-corrected chi connectivity index (χ2v) is 12.2. The highest BCUT2D eigenvalue weighted by Gasteiger charge is 2.26. The van der Waals surface area contributed by atoms with Crippen molar-refractivity contribution in [3.8, 4) is 0 Å². The third kappa shape index (κ3) is 6.69. The number of nitrogens with two attached hydrogens (primary N) is 1. The first-order valence-corrected chi connectivity index (χ1v) is 15.1. The molecule has 0 amide bonds. The molecule has 41 heavy (non-hydrogen) atoms. The van der Waals surface area contributed by atoms with Crippen LogP contribution in [0.15, 0.2) is 61.2 Å². The number of aromatic nitrogens is 2. The number of hydrogen-bond acceptors (Lipinski definition) is 7. The van der Waals surface area contributed by atoms with Crippen LogP contribution in [0.1, 0.15) is 47.9 Å². The van der Waals surface area contributed by atoms with Crippen molar-refractivity contribution < 1.29 is 0 Å². The standard InChI is InChI=1S/C32H39Cl2N7/c1-21(31-27(33)19-37-20-28(31)34)16-23-4-6-29(35)26(17-23)32(36)25-5-7-30(38-18-25)41-14-12-40(13-15-41)22(2)24-8-10-39(3)11-9-24/h4-7,17-21,24,36H,2,8-16,35H2,1,3H3/t21-/m0/s1. The van der Waals surface area contributed by atoms with Crippen molar-refractivity contribution in [3.05, 3.63) is 93.5 Å². The van der Waals surface area contributed by atoms with Crippen molar-refractivity contribution in [2.45, 2.75) is 32.1 Å².